The molecule has 2 aromatic carbocycles. The van der Waals surface area contributed by atoms with E-state index >= 15 is 0 Å². The number of benzene rings is 2. The standard InChI is InChI=1S/C21H28Si/c1-4-6-14-19(13-5-2)22(3,20-15-9-7-10-16-20)21-17-11-8-12-18-21/h5,7-12,15-19H,2,4,6,13-14H2,1,3H3. The average Bonchev–Trinajstić information content (AvgIpc) is 2.59. The first-order valence-electron chi connectivity index (χ1n) is 8.45. The Morgan fingerprint density at radius 3 is 1.86 bits per heavy atom. The van der Waals surface area contributed by atoms with Crippen LogP contribution in [0.5, 0.6) is 0 Å². The minimum Gasteiger partial charge on any atom is -0.103 e. The predicted octanol–water partition coefficient (Wildman–Crippen LogP) is 5.02. The van der Waals surface area contributed by atoms with Crippen LogP contribution < -0.4 is 10.4 Å². The second kappa shape index (κ2) is 8.14. The van der Waals surface area contributed by atoms with E-state index in [1.165, 1.54) is 19.3 Å². The Morgan fingerprint density at radius 2 is 1.45 bits per heavy atom. The van der Waals surface area contributed by atoms with Gasteiger partial charge in [-0.3, -0.25) is 0 Å². The summed E-state index contributed by atoms with van der Waals surface area (Å²) in [4.78, 5) is 0. The summed E-state index contributed by atoms with van der Waals surface area (Å²) in [7, 11) is -1.76. The second-order valence-corrected chi connectivity index (χ2v) is 10.7. The smallest absolute Gasteiger partial charge is 0.103 e. The first-order valence-corrected chi connectivity index (χ1v) is 11.0. The molecule has 0 bridgehead atoms. The van der Waals surface area contributed by atoms with Gasteiger partial charge in [0.15, 0.2) is 0 Å². The van der Waals surface area contributed by atoms with Crippen LogP contribution in [0.15, 0.2) is 73.3 Å². The highest BCUT2D eigenvalue weighted by molar-refractivity contribution is 7.02. The Bertz CT molecular complexity index is 519. The van der Waals surface area contributed by atoms with Crippen molar-refractivity contribution in [3.63, 3.8) is 0 Å². The lowest BCUT2D eigenvalue weighted by Crippen LogP contribution is -2.59. The Morgan fingerprint density at radius 1 is 0.955 bits per heavy atom. The fourth-order valence-electron chi connectivity index (χ4n) is 3.50. The van der Waals surface area contributed by atoms with Gasteiger partial charge < -0.3 is 0 Å². The summed E-state index contributed by atoms with van der Waals surface area (Å²) >= 11 is 0. The van der Waals surface area contributed by atoms with Crippen LogP contribution in [-0.2, 0) is 0 Å². The van der Waals surface area contributed by atoms with Gasteiger partial charge in [-0.25, -0.2) is 0 Å². The Hall–Kier alpha value is -1.60. The van der Waals surface area contributed by atoms with Crippen LogP contribution >= 0.6 is 0 Å². The van der Waals surface area contributed by atoms with Crippen molar-refractivity contribution < 1.29 is 0 Å². The molecule has 22 heavy (non-hydrogen) atoms. The molecule has 116 valence electrons. The molecule has 0 saturated heterocycles. The van der Waals surface area contributed by atoms with Crippen molar-refractivity contribution >= 4 is 18.4 Å². The zero-order chi connectivity index (χ0) is 15.8. The number of unbranched alkanes of at least 4 members (excludes halogenated alkanes) is 1. The van der Waals surface area contributed by atoms with E-state index in [1.54, 1.807) is 10.4 Å². The third kappa shape index (κ3) is 3.59. The van der Waals surface area contributed by atoms with Gasteiger partial charge >= 0.3 is 0 Å². The molecule has 1 atom stereocenters. The lowest BCUT2D eigenvalue weighted by molar-refractivity contribution is 0.661. The quantitative estimate of drug-likeness (QED) is 0.475. The van der Waals surface area contributed by atoms with Gasteiger partial charge in [-0.05, 0) is 12.0 Å². The van der Waals surface area contributed by atoms with Crippen molar-refractivity contribution in [1.82, 2.24) is 0 Å². The Labute approximate surface area is 136 Å². The maximum Gasteiger partial charge on any atom is 0.118 e. The van der Waals surface area contributed by atoms with Crippen LogP contribution in [0.4, 0.5) is 0 Å². The third-order valence-corrected chi connectivity index (χ3v) is 10.1. The Kier molecular flexibility index (Phi) is 6.20. The summed E-state index contributed by atoms with van der Waals surface area (Å²) in [5.74, 6) is 0. The fourth-order valence-corrected chi connectivity index (χ4v) is 7.97. The van der Waals surface area contributed by atoms with Gasteiger partial charge in [-0.1, -0.05) is 110 Å². The highest BCUT2D eigenvalue weighted by atomic mass is 28.3. The van der Waals surface area contributed by atoms with Crippen LogP contribution in [0.3, 0.4) is 0 Å². The normalized spacial score (nSPS) is 12.8. The largest absolute Gasteiger partial charge is 0.118 e. The van der Waals surface area contributed by atoms with Crippen molar-refractivity contribution in [3.05, 3.63) is 73.3 Å². The molecule has 0 aliphatic rings. The highest BCUT2D eigenvalue weighted by Gasteiger charge is 2.38. The van der Waals surface area contributed by atoms with E-state index in [1.807, 2.05) is 0 Å². The second-order valence-electron chi connectivity index (χ2n) is 6.30. The average molecular weight is 309 g/mol. The van der Waals surface area contributed by atoms with Gasteiger partial charge in [-0.2, -0.15) is 0 Å². The van der Waals surface area contributed by atoms with E-state index in [0.717, 1.165) is 12.0 Å². The molecule has 0 amide bonds. The number of hydrogen-bond donors (Lipinski definition) is 0. The van der Waals surface area contributed by atoms with Crippen molar-refractivity contribution in [2.75, 3.05) is 0 Å². The van der Waals surface area contributed by atoms with Crippen LogP contribution in [0.2, 0.25) is 12.1 Å². The van der Waals surface area contributed by atoms with Crippen molar-refractivity contribution in [1.29, 1.82) is 0 Å². The monoisotopic (exact) mass is 308 g/mol. The highest BCUT2D eigenvalue weighted by Crippen LogP contribution is 2.31. The molecule has 1 heteroatoms. The maximum atomic E-state index is 4.03. The molecular formula is C21H28Si. The number of rotatable bonds is 8. The molecule has 0 N–H and O–H groups in total. The van der Waals surface area contributed by atoms with E-state index in [9.17, 15) is 0 Å². The molecule has 0 aromatic heterocycles. The molecule has 0 aliphatic heterocycles. The molecule has 0 heterocycles. The molecule has 0 saturated carbocycles. The van der Waals surface area contributed by atoms with Crippen LogP contribution in [0, 0.1) is 0 Å². The topological polar surface area (TPSA) is 0 Å². The zero-order valence-electron chi connectivity index (χ0n) is 14.0. The van der Waals surface area contributed by atoms with Crippen molar-refractivity contribution in [2.45, 2.75) is 44.7 Å². The zero-order valence-corrected chi connectivity index (χ0v) is 15.0. The molecule has 0 fully saturated rings. The van der Waals surface area contributed by atoms with Gasteiger partial charge in [0.1, 0.15) is 8.07 Å². The number of hydrogen-bond acceptors (Lipinski definition) is 0. The fraction of sp³-hybridized carbons (Fsp3) is 0.333. The third-order valence-electron chi connectivity index (χ3n) is 4.92. The van der Waals surface area contributed by atoms with E-state index in [-0.39, 0.29) is 0 Å². The van der Waals surface area contributed by atoms with E-state index in [2.05, 4.69) is 86.8 Å². The summed E-state index contributed by atoms with van der Waals surface area (Å²) in [6.07, 6.45) is 7.11. The minimum absolute atomic E-state index is 0.717. The summed E-state index contributed by atoms with van der Waals surface area (Å²) in [6.45, 7) is 8.86. The van der Waals surface area contributed by atoms with Gasteiger partial charge in [-0.15, -0.1) is 6.58 Å². The van der Waals surface area contributed by atoms with Crippen molar-refractivity contribution in [3.8, 4) is 0 Å². The van der Waals surface area contributed by atoms with Gasteiger partial charge in [0.25, 0.3) is 0 Å². The molecule has 0 aliphatic carbocycles. The van der Waals surface area contributed by atoms with Gasteiger partial charge in [0.05, 0.1) is 0 Å². The van der Waals surface area contributed by atoms with Crippen LogP contribution in [-0.4, -0.2) is 8.07 Å². The summed E-state index contributed by atoms with van der Waals surface area (Å²) in [5.41, 5.74) is 0.717. The molecule has 0 nitrogen and oxygen atoms in total. The SMILES string of the molecule is C=CCC(CCCC)[Si](C)(c1ccccc1)c1ccccc1. The van der Waals surface area contributed by atoms with E-state index < -0.39 is 8.07 Å². The van der Waals surface area contributed by atoms with Crippen LogP contribution in [0.25, 0.3) is 0 Å². The molecule has 2 aromatic rings. The molecule has 2 rings (SSSR count). The first kappa shape index (κ1) is 16.8. The minimum atomic E-state index is -1.76. The van der Waals surface area contributed by atoms with Gasteiger partial charge in [0.2, 0.25) is 0 Å². The molecule has 0 spiro atoms. The predicted molar refractivity (Wildman–Crippen MR) is 102 cm³/mol. The van der Waals surface area contributed by atoms with Gasteiger partial charge in [0, 0.05) is 0 Å². The lowest BCUT2D eigenvalue weighted by Gasteiger charge is -2.37. The Balaban J connectivity index is 2.51. The van der Waals surface area contributed by atoms with E-state index in [4.69, 9.17) is 0 Å². The lowest BCUT2D eigenvalue weighted by atomic mass is 10.1. The van der Waals surface area contributed by atoms with Crippen LogP contribution in [0.1, 0.15) is 32.6 Å². The summed E-state index contributed by atoms with van der Waals surface area (Å²) < 4.78 is 0. The van der Waals surface area contributed by atoms with E-state index in [0.29, 0.717) is 0 Å². The first-order chi connectivity index (χ1) is 10.7. The molecular weight excluding hydrogens is 280 g/mol. The summed E-state index contributed by atoms with van der Waals surface area (Å²) in [6, 6.07) is 22.3. The maximum absolute atomic E-state index is 4.03. The number of allylic oxidation sites excluding steroid dienone is 1. The molecule has 1 unspecified atom stereocenters. The van der Waals surface area contributed by atoms with Crippen molar-refractivity contribution in [2.24, 2.45) is 0 Å². The summed E-state index contributed by atoms with van der Waals surface area (Å²) in [5, 5.41) is 3.09. The molecule has 0 radical (unpaired) electrons.